The maximum absolute atomic E-state index is 13.6. The molecular weight excluding hydrogens is 406 g/mol. The minimum atomic E-state index is -1.04. The fourth-order valence-corrected chi connectivity index (χ4v) is 3.99. The first-order valence-corrected chi connectivity index (χ1v) is 9.47. The number of amides is 4. The molecule has 1 aromatic heterocycles. The first-order valence-electron chi connectivity index (χ1n) is 8.65. The minimum absolute atomic E-state index is 0.0414. The van der Waals surface area contributed by atoms with Gasteiger partial charge in [-0.2, -0.15) is 0 Å². The number of ether oxygens (including phenoxy) is 1. The molecule has 1 aliphatic rings. The number of piperidine rings is 1. The van der Waals surface area contributed by atoms with E-state index in [9.17, 15) is 23.2 Å². The summed E-state index contributed by atoms with van der Waals surface area (Å²) in [6.07, 6.45) is 0.617. The van der Waals surface area contributed by atoms with E-state index in [1.807, 2.05) is 0 Å². The van der Waals surface area contributed by atoms with E-state index in [1.54, 1.807) is 0 Å². The van der Waals surface area contributed by atoms with Gasteiger partial charge < -0.3 is 26.4 Å². The largest absolute Gasteiger partial charge is 0.456 e. The van der Waals surface area contributed by atoms with Crippen LogP contribution in [-0.4, -0.2) is 42.1 Å². The number of halogens is 2. The molecule has 1 fully saturated rings. The molecule has 1 saturated heterocycles. The molecule has 154 valence electrons. The van der Waals surface area contributed by atoms with Gasteiger partial charge in [-0.1, -0.05) is 6.07 Å². The highest BCUT2D eigenvalue weighted by molar-refractivity contribution is 7.18. The summed E-state index contributed by atoms with van der Waals surface area (Å²) in [6, 6.07) is 3.22. The van der Waals surface area contributed by atoms with Crippen LogP contribution in [0.25, 0.3) is 10.4 Å². The van der Waals surface area contributed by atoms with Crippen molar-refractivity contribution in [1.82, 2.24) is 4.90 Å². The summed E-state index contributed by atoms with van der Waals surface area (Å²) in [6.45, 7) is 0.651. The summed E-state index contributed by atoms with van der Waals surface area (Å²) in [5.74, 6) is -2.78. The van der Waals surface area contributed by atoms with Crippen LogP contribution in [-0.2, 0) is 4.74 Å². The lowest BCUT2D eigenvalue weighted by Gasteiger charge is -2.31. The number of rotatable bonds is 4. The molecule has 29 heavy (non-hydrogen) atoms. The maximum atomic E-state index is 13.6. The van der Waals surface area contributed by atoms with Crippen LogP contribution in [0, 0.1) is 11.6 Å². The average molecular weight is 424 g/mol. The number of hydrogen-bond donors (Lipinski definition) is 3. The monoisotopic (exact) mass is 424 g/mol. The number of benzene rings is 1. The molecule has 3 rings (SSSR count). The van der Waals surface area contributed by atoms with Crippen molar-refractivity contribution in [3.8, 4) is 10.4 Å². The molecule has 0 aliphatic carbocycles. The smallest absolute Gasteiger partial charge is 0.350 e. The van der Waals surface area contributed by atoms with Gasteiger partial charge in [-0.3, -0.25) is 0 Å². The zero-order valence-electron chi connectivity index (χ0n) is 15.1. The molecule has 1 atom stereocenters. The van der Waals surface area contributed by atoms with Crippen LogP contribution in [0.3, 0.4) is 0 Å². The number of hydrogen-bond acceptors (Lipinski definition) is 5. The summed E-state index contributed by atoms with van der Waals surface area (Å²) in [4.78, 5) is 37.1. The summed E-state index contributed by atoms with van der Waals surface area (Å²) in [5.41, 5.74) is 10.8. The van der Waals surface area contributed by atoms with Crippen LogP contribution in [0.1, 0.15) is 22.5 Å². The summed E-state index contributed by atoms with van der Waals surface area (Å²) < 4.78 is 32.2. The minimum Gasteiger partial charge on any atom is -0.456 e. The van der Waals surface area contributed by atoms with Gasteiger partial charge in [-0.05, 0) is 36.6 Å². The number of anilines is 1. The number of thiophene rings is 1. The van der Waals surface area contributed by atoms with Gasteiger partial charge in [0.25, 0.3) is 0 Å². The van der Waals surface area contributed by atoms with E-state index in [2.05, 4.69) is 5.32 Å². The molecule has 2 heterocycles. The van der Waals surface area contributed by atoms with Gasteiger partial charge >= 0.3 is 18.0 Å². The molecule has 1 aliphatic heterocycles. The Kier molecular flexibility index (Phi) is 5.97. The van der Waals surface area contributed by atoms with E-state index in [1.165, 1.54) is 17.0 Å². The predicted octanol–water partition coefficient (Wildman–Crippen LogP) is 2.88. The second-order valence-electron chi connectivity index (χ2n) is 6.43. The van der Waals surface area contributed by atoms with Gasteiger partial charge in [0.2, 0.25) is 0 Å². The van der Waals surface area contributed by atoms with Crippen molar-refractivity contribution in [2.45, 2.75) is 18.9 Å². The number of primary amides is 2. The van der Waals surface area contributed by atoms with E-state index in [0.717, 1.165) is 23.5 Å². The third-order valence-corrected chi connectivity index (χ3v) is 5.51. The molecule has 8 nitrogen and oxygen atoms in total. The molecule has 0 spiro atoms. The van der Waals surface area contributed by atoms with Crippen molar-refractivity contribution in [3.05, 3.63) is 40.8 Å². The number of esters is 1. The number of nitrogens with two attached hydrogens (primary N) is 2. The molecule has 11 heteroatoms. The number of urea groups is 2. The lowest BCUT2D eigenvalue weighted by Crippen LogP contribution is -2.46. The quantitative estimate of drug-likeness (QED) is 0.652. The van der Waals surface area contributed by atoms with Gasteiger partial charge in [-0.15, -0.1) is 11.3 Å². The van der Waals surface area contributed by atoms with Gasteiger partial charge in [0.1, 0.15) is 11.0 Å². The number of nitrogens with zero attached hydrogens (tertiary/aromatic N) is 1. The molecule has 1 aromatic carbocycles. The molecule has 0 radical (unpaired) electrons. The molecule has 0 bridgehead atoms. The molecule has 4 amide bonds. The third-order valence-electron chi connectivity index (χ3n) is 4.34. The van der Waals surface area contributed by atoms with Gasteiger partial charge in [0.05, 0.1) is 12.2 Å². The average Bonchev–Trinajstić information content (AvgIpc) is 3.07. The SMILES string of the molecule is NC(=O)Nc1cc(-c2ccc(F)c(F)c2)sc1C(=O)OC1CCCN(C(N)=O)C1. The summed E-state index contributed by atoms with van der Waals surface area (Å²) >= 11 is 0.934. The maximum Gasteiger partial charge on any atom is 0.350 e. The Balaban J connectivity index is 1.85. The fourth-order valence-electron chi connectivity index (χ4n) is 3.00. The van der Waals surface area contributed by atoms with Crippen molar-refractivity contribution in [3.63, 3.8) is 0 Å². The van der Waals surface area contributed by atoms with E-state index in [-0.39, 0.29) is 17.1 Å². The summed E-state index contributed by atoms with van der Waals surface area (Å²) in [7, 11) is 0. The second kappa shape index (κ2) is 8.43. The number of carbonyl (C=O) groups is 3. The van der Waals surface area contributed by atoms with Gasteiger partial charge in [0.15, 0.2) is 11.6 Å². The predicted molar refractivity (Wildman–Crippen MR) is 102 cm³/mol. The second-order valence-corrected chi connectivity index (χ2v) is 7.48. The highest BCUT2D eigenvalue weighted by Gasteiger charge is 2.28. The standard InChI is InChI=1S/C18H18F2N4O4S/c19-11-4-3-9(6-12(11)20)14-7-13(23-17(21)26)15(29-14)16(25)28-10-2-1-5-24(8-10)18(22)27/h3-4,6-7,10H,1-2,5,8H2,(H2,22,27)(H3,21,23,26). The molecule has 5 N–H and O–H groups in total. The third kappa shape index (κ3) is 4.80. The molecule has 0 saturated carbocycles. The summed E-state index contributed by atoms with van der Waals surface area (Å²) in [5, 5.41) is 2.33. The Bertz CT molecular complexity index is 965. The van der Waals surface area contributed by atoms with Gasteiger partial charge in [-0.25, -0.2) is 23.2 Å². The van der Waals surface area contributed by atoms with Crippen molar-refractivity contribution in [2.75, 3.05) is 18.4 Å². The normalized spacial score (nSPS) is 16.3. The van der Waals surface area contributed by atoms with Crippen LogP contribution in [0.4, 0.5) is 24.1 Å². The topological polar surface area (TPSA) is 128 Å². The Morgan fingerprint density at radius 1 is 1.17 bits per heavy atom. The van der Waals surface area contributed by atoms with E-state index < -0.39 is 35.8 Å². The van der Waals surface area contributed by atoms with E-state index in [4.69, 9.17) is 16.2 Å². The zero-order valence-corrected chi connectivity index (χ0v) is 15.9. The Hall–Kier alpha value is -3.21. The van der Waals surface area contributed by atoms with Crippen LogP contribution >= 0.6 is 11.3 Å². The van der Waals surface area contributed by atoms with Crippen LogP contribution in [0.15, 0.2) is 24.3 Å². The Morgan fingerprint density at radius 2 is 1.93 bits per heavy atom. The molecular formula is C18H18F2N4O4S. The van der Waals surface area contributed by atoms with Crippen molar-refractivity contribution in [2.24, 2.45) is 11.5 Å². The molecule has 1 unspecified atom stereocenters. The van der Waals surface area contributed by atoms with Gasteiger partial charge in [0, 0.05) is 11.4 Å². The zero-order chi connectivity index (χ0) is 21.1. The van der Waals surface area contributed by atoms with Crippen LogP contribution in [0.2, 0.25) is 0 Å². The lowest BCUT2D eigenvalue weighted by atomic mass is 10.1. The van der Waals surface area contributed by atoms with Crippen LogP contribution < -0.4 is 16.8 Å². The first-order chi connectivity index (χ1) is 13.7. The lowest BCUT2D eigenvalue weighted by molar-refractivity contribution is 0.0134. The van der Waals surface area contributed by atoms with Crippen molar-refractivity contribution >= 4 is 35.1 Å². The molecule has 2 aromatic rings. The van der Waals surface area contributed by atoms with Crippen LogP contribution in [0.5, 0.6) is 0 Å². The fraction of sp³-hybridized carbons (Fsp3) is 0.278. The van der Waals surface area contributed by atoms with Crippen molar-refractivity contribution < 1.29 is 27.9 Å². The van der Waals surface area contributed by atoms with E-state index >= 15 is 0 Å². The highest BCUT2D eigenvalue weighted by atomic mass is 32.1. The number of likely N-dealkylation sites (tertiary alicyclic amines) is 1. The number of carbonyl (C=O) groups excluding carboxylic acids is 3. The van der Waals surface area contributed by atoms with E-state index in [0.29, 0.717) is 29.8 Å². The highest BCUT2D eigenvalue weighted by Crippen LogP contribution is 2.36. The number of nitrogens with one attached hydrogen (secondary N) is 1. The van der Waals surface area contributed by atoms with Crippen molar-refractivity contribution in [1.29, 1.82) is 0 Å². The first kappa shape index (κ1) is 20.5. The Labute approximate surface area is 168 Å². The Morgan fingerprint density at radius 3 is 2.59 bits per heavy atom.